The second-order valence-corrected chi connectivity index (χ2v) is 7.34. The van der Waals surface area contributed by atoms with Crippen molar-refractivity contribution in [1.82, 2.24) is 0 Å². The van der Waals surface area contributed by atoms with Gasteiger partial charge in [0.25, 0.3) is 0 Å². The quantitative estimate of drug-likeness (QED) is 0.411. The van der Waals surface area contributed by atoms with Crippen molar-refractivity contribution in [2.75, 3.05) is 39.4 Å². The molecule has 0 amide bonds. The number of hydrogen-bond acceptors (Lipinski definition) is 12. The van der Waals surface area contributed by atoms with Crippen molar-refractivity contribution in [2.24, 2.45) is 5.73 Å². The molecule has 1 aromatic rings. The maximum Gasteiger partial charge on any atom is 0.339 e. The molecule has 3 rings (SSSR count). The minimum absolute atomic E-state index is 0.0893. The monoisotopic (exact) mass is 488 g/mol. The lowest BCUT2D eigenvalue weighted by Crippen LogP contribution is -2.51. The average Bonchev–Trinajstić information content (AvgIpc) is 3.12. The molecule has 2 aliphatic rings. The van der Waals surface area contributed by atoms with Crippen LogP contribution >= 0.6 is 0 Å². The van der Waals surface area contributed by atoms with Gasteiger partial charge in [0.05, 0.1) is 27.9 Å². The Kier molecular flexibility index (Phi) is 7.13. The third kappa shape index (κ3) is 3.96. The van der Waals surface area contributed by atoms with Gasteiger partial charge < -0.3 is 34.3 Å². The van der Waals surface area contributed by atoms with Crippen LogP contribution in [0.4, 0.5) is 5.69 Å². The number of rotatable bonds is 7. The van der Waals surface area contributed by atoms with Gasteiger partial charge >= 0.3 is 29.8 Å². The Bertz CT molecular complexity index is 1170. The molecule has 0 saturated heterocycles. The molecule has 12 nitrogen and oxygen atoms in total. The van der Waals surface area contributed by atoms with E-state index in [0.29, 0.717) is 0 Å². The smallest absolute Gasteiger partial charge is 0.339 e. The van der Waals surface area contributed by atoms with Crippen molar-refractivity contribution in [2.45, 2.75) is 18.8 Å². The second-order valence-electron chi connectivity index (χ2n) is 7.34. The first-order valence-corrected chi connectivity index (χ1v) is 10.4. The maximum atomic E-state index is 13.6. The molecule has 0 fully saturated rings. The lowest BCUT2D eigenvalue weighted by atomic mass is 9.66. The van der Waals surface area contributed by atoms with Gasteiger partial charge in [-0.2, -0.15) is 0 Å². The number of cyclic esters (lactones) is 1. The van der Waals surface area contributed by atoms with E-state index in [4.69, 9.17) is 24.7 Å². The predicted octanol–water partition coefficient (Wildman–Crippen LogP) is 0.198. The van der Waals surface area contributed by atoms with Crippen LogP contribution in [0, 0.1) is 0 Å². The van der Waals surface area contributed by atoms with Crippen molar-refractivity contribution < 1.29 is 47.7 Å². The van der Waals surface area contributed by atoms with Crippen LogP contribution in [0.1, 0.15) is 18.9 Å². The first-order valence-electron chi connectivity index (χ1n) is 10.4. The Morgan fingerprint density at radius 3 is 2.23 bits per heavy atom. The van der Waals surface area contributed by atoms with E-state index < -0.39 is 59.4 Å². The van der Waals surface area contributed by atoms with E-state index >= 15 is 0 Å². The van der Waals surface area contributed by atoms with Crippen molar-refractivity contribution in [1.29, 1.82) is 0 Å². The fourth-order valence-corrected chi connectivity index (χ4v) is 4.16. The van der Waals surface area contributed by atoms with Gasteiger partial charge in [0.1, 0.15) is 35.7 Å². The Labute approximate surface area is 200 Å². The summed E-state index contributed by atoms with van der Waals surface area (Å²) in [6.45, 7) is 1.03. The number of hydrogen-bond donors (Lipinski definition) is 1. The van der Waals surface area contributed by atoms with Crippen LogP contribution in [0.5, 0.6) is 0 Å². The lowest BCUT2D eigenvalue weighted by molar-refractivity contribution is -0.147. The van der Waals surface area contributed by atoms with Gasteiger partial charge in [-0.3, -0.25) is 9.59 Å². The first-order chi connectivity index (χ1) is 16.7. The molecular formula is C23H24N2O10. The van der Waals surface area contributed by atoms with Crippen molar-refractivity contribution in [3.8, 4) is 0 Å². The van der Waals surface area contributed by atoms with Crippen LogP contribution < -0.4 is 10.6 Å². The van der Waals surface area contributed by atoms with E-state index in [9.17, 15) is 24.0 Å². The van der Waals surface area contributed by atoms with Crippen LogP contribution in [-0.2, 0) is 53.1 Å². The molecule has 1 aromatic carbocycles. The number of carbonyl (C=O) groups is 5. The van der Waals surface area contributed by atoms with Gasteiger partial charge in [-0.25, -0.2) is 14.4 Å². The van der Waals surface area contributed by atoms with E-state index in [2.05, 4.69) is 4.74 Å². The molecule has 2 heterocycles. The summed E-state index contributed by atoms with van der Waals surface area (Å²) >= 11 is 0. The molecule has 1 spiro atoms. The minimum atomic E-state index is -2.24. The van der Waals surface area contributed by atoms with Gasteiger partial charge in [-0.1, -0.05) is 18.2 Å². The molecule has 35 heavy (non-hydrogen) atoms. The molecule has 0 saturated carbocycles. The molecule has 0 bridgehead atoms. The number of nitrogens with zero attached hydrogens (tertiary/aromatic N) is 1. The number of methoxy groups -OCH3 is 3. The molecule has 1 atom stereocenters. The van der Waals surface area contributed by atoms with E-state index in [0.717, 1.165) is 14.2 Å². The third-order valence-corrected chi connectivity index (χ3v) is 5.61. The molecule has 0 aromatic heterocycles. The predicted molar refractivity (Wildman–Crippen MR) is 117 cm³/mol. The van der Waals surface area contributed by atoms with Gasteiger partial charge in [-0.05, 0) is 13.0 Å². The lowest BCUT2D eigenvalue weighted by Gasteiger charge is -2.40. The number of esters is 5. The minimum Gasteiger partial charge on any atom is -0.469 e. The van der Waals surface area contributed by atoms with Gasteiger partial charge in [-0.15, -0.1) is 0 Å². The summed E-state index contributed by atoms with van der Waals surface area (Å²) in [5.74, 6) is -5.35. The van der Waals surface area contributed by atoms with Crippen molar-refractivity contribution in [3.05, 3.63) is 52.6 Å². The zero-order chi connectivity index (χ0) is 25.9. The van der Waals surface area contributed by atoms with Crippen molar-refractivity contribution in [3.63, 3.8) is 0 Å². The topological polar surface area (TPSA) is 161 Å². The molecule has 2 aliphatic heterocycles. The van der Waals surface area contributed by atoms with Gasteiger partial charge in [0.2, 0.25) is 0 Å². The summed E-state index contributed by atoms with van der Waals surface area (Å²) in [5, 5.41) is 0. The van der Waals surface area contributed by atoms with E-state index in [1.54, 1.807) is 12.1 Å². The van der Waals surface area contributed by atoms with E-state index in [-0.39, 0.29) is 29.4 Å². The molecule has 12 heteroatoms. The third-order valence-electron chi connectivity index (χ3n) is 5.61. The number of anilines is 1. The fraction of sp³-hybridized carbons (Fsp3) is 0.348. The SMILES string of the molecule is CCOC(=O)C1=C(N)N(CC(=O)OC)c2ccccc2[C@@]12C(=O)OC(CC(=O)OC)=C2C(=O)OC. The maximum absolute atomic E-state index is 13.6. The van der Waals surface area contributed by atoms with Crippen LogP contribution in [0.3, 0.4) is 0 Å². The summed E-state index contributed by atoms with van der Waals surface area (Å²) in [4.78, 5) is 65.5. The highest BCUT2D eigenvalue weighted by Crippen LogP contribution is 2.54. The first kappa shape index (κ1) is 25.3. The average molecular weight is 488 g/mol. The van der Waals surface area contributed by atoms with Crippen LogP contribution in [-0.4, -0.2) is 64.3 Å². The molecule has 0 aliphatic carbocycles. The standard InChI is InChI=1S/C23H24N2O10/c1-5-34-21(29)18-19(24)25(11-16(27)32-3)13-9-7-6-8-12(13)23(18)17(20(28)33-4)14(35-22(23)30)10-15(26)31-2/h6-9H,5,10-11,24H2,1-4H3/t23-/m0/s1. The summed E-state index contributed by atoms with van der Waals surface area (Å²) in [7, 11) is 3.37. The Hall–Kier alpha value is -4.35. The van der Waals surface area contributed by atoms with Gasteiger partial charge in [0.15, 0.2) is 5.41 Å². The van der Waals surface area contributed by atoms with Crippen LogP contribution in [0.25, 0.3) is 0 Å². The molecular weight excluding hydrogens is 464 g/mol. The highest BCUT2D eigenvalue weighted by atomic mass is 16.6. The Balaban J connectivity index is 2.46. The summed E-state index contributed by atoms with van der Waals surface area (Å²) in [6.07, 6.45) is -0.599. The summed E-state index contributed by atoms with van der Waals surface area (Å²) in [6, 6.07) is 6.17. The van der Waals surface area contributed by atoms with Crippen LogP contribution in [0.2, 0.25) is 0 Å². The summed E-state index contributed by atoms with van der Waals surface area (Å²) < 4.78 is 24.9. The number of ether oxygens (including phenoxy) is 5. The highest BCUT2D eigenvalue weighted by molar-refractivity contribution is 6.16. The van der Waals surface area contributed by atoms with Gasteiger partial charge in [0, 0.05) is 11.3 Å². The fourth-order valence-electron chi connectivity index (χ4n) is 4.16. The van der Waals surface area contributed by atoms with E-state index in [1.807, 2.05) is 0 Å². The zero-order valence-electron chi connectivity index (χ0n) is 19.5. The summed E-state index contributed by atoms with van der Waals surface area (Å²) in [5.41, 5.74) is 3.57. The molecule has 186 valence electrons. The normalized spacial score (nSPS) is 18.7. The Morgan fingerprint density at radius 2 is 1.63 bits per heavy atom. The van der Waals surface area contributed by atoms with E-state index in [1.165, 1.54) is 31.1 Å². The molecule has 2 N–H and O–H groups in total. The number of carbonyl (C=O) groups excluding carboxylic acids is 5. The largest absolute Gasteiger partial charge is 0.469 e. The highest BCUT2D eigenvalue weighted by Gasteiger charge is 2.64. The number of fused-ring (bicyclic) bond motifs is 2. The number of nitrogens with two attached hydrogens (primary N) is 1. The van der Waals surface area contributed by atoms with Crippen molar-refractivity contribution >= 4 is 35.5 Å². The number of para-hydroxylation sites is 1. The van der Waals surface area contributed by atoms with Crippen LogP contribution in [0.15, 0.2) is 47.0 Å². The molecule has 0 unspecified atom stereocenters. The molecule has 0 radical (unpaired) electrons. The zero-order valence-corrected chi connectivity index (χ0v) is 19.5. The Morgan fingerprint density at radius 1 is 0.971 bits per heavy atom. The second kappa shape index (κ2) is 9.87. The number of benzene rings is 1.